The van der Waals surface area contributed by atoms with E-state index in [4.69, 9.17) is 0 Å². The first-order valence-corrected chi connectivity index (χ1v) is 8.62. The highest BCUT2D eigenvalue weighted by molar-refractivity contribution is 7.89. The van der Waals surface area contributed by atoms with Gasteiger partial charge in [-0.15, -0.1) is 0 Å². The Labute approximate surface area is 133 Å². The quantitative estimate of drug-likeness (QED) is 0.882. The largest absolute Gasteiger partial charge is 0.322 e. The molecule has 7 heteroatoms. The van der Waals surface area contributed by atoms with Crippen molar-refractivity contribution in [2.24, 2.45) is 0 Å². The van der Waals surface area contributed by atoms with Crippen LogP contribution >= 0.6 is 0 Å². The first kappa shape index (κ1) is 15.6. The number of benzene rings is 2. The zero-order valence-corrected chi connectivity index (χ0v) is 12.9. The normalized spacial score (nSPS) is 14.5. The Balaban J connectivity index is 1.72. The summed E-state index contributed by atoms with van der Waals surface area (Å²) >= 11 is 0. The number of hydrogen-bond acceptors (Lipinski definition) is 3. The van der Waals surface area contributed by atoms with Gasteiger partial charge in [0.05, 0.1) is 4.90 Å². The fraction of sp³-hybridized carbons (Fsp3) is 0.188. The Morgan fingerprint density at radius 1 is 1.09 bits per heavy atom. The maximum Gasteiger partial charge on any atom is 0.255 e. The number of carbonyl (C=O) groups is 1. The summed E-state index contributed by atoms with van der Waals surface area (Å²) in [6.07, 6.45) is 1.71. The average molecular weight is 334 g/mol. The standard InChI is InChI=1S/C16H15FN2O3S/c17-12-2-1-3-14(10-12)18-16(20)11-4-8-15(9-5-11)23(21,22)19-13-6-7-13/h1-5,8-10,13,19H,6-7H2,(H,18,20). The number of rotatable bonds is 5. The molecule has 2 N–H and O–H groups in total. The molecule has 120 valence electrons. The van der Waals surface area contributed by atoms with Crippen LogP contribution in [0.5, 0.6) is 0 Å². The molecule has 1 amide bonds. The van der Waals surface area contributed by atoms with E-state index in [1.54, 1.807) is 6.07 Å². The monoisotopic (exact) mass is 334 g/mol. The van der Waals surface area contributed by atoms with Gasteiger partial charge in [-0.1, -0.05) is 6.07 Å². The van der Waals surface area contributed by atoms with E-state index in [1.807, 2.05) is 0 Å². The molecular formula is C16H15FN2O3S. The SMILES string of the molecule is O=C(Nc1cccc(F)c1)c1ccc(S(=O)(=O)NC2CC2)cc1. The molecule has 2 aromatic carbocycles. The summed E-state index contributed by atoms with van der Waals surface area (Å²) in [6.45, 7) is 0. The van der Waals surface area contributed by atoms with Crippen LogP contribution in [0, 0.1) is 5.82 Å². The minimum absolute atomic E-state index is 0.0240. The zero-order valence-electron chi connectivity index (χ0n) is 12.1. The lowest BCUT2D eigenvalue weighted by molar-refractivity contribution is 0.102. The molecular weight excluding hydrogens is 319 g/mol. The van der Waals surface area contributed by atoms with Gasteiger partial charge in [-0.05, 0) is 55.3 Å². The number of carbonyl (C=O) groups excluding carboxylic acids is 1. The van der Waals surface area contributed by atoms with Gasteiger partial charge in [-0.25, -0.2) is 17.5 Å². The molecule has 1 aliphatic rings. The van der Waals surface area contributed by atoms with Gasteiger partial charge in [0.1, 0.15) is 5.82 Å². The number of amides is 1. The molecule has 0 bridgehead atoms. The van der Waals surface area contributed by atoms with Gasteiger partial charge in [-0.2, -0.15) is 0 Å². The third kappa shape index (κ3) is 3.94. The highest BCUT2D eigenvalue weighted by Gasteiger charge is 2.27. The van der Waals surface area contributed by atoms with E-state index < -0.39 is 21.7 Å². The Bertz CT molecular complexity index is 831. The summed E-state index contributed by atoms with van der Waals surface area (Å²) in [5.41, 5.74) is 0.627. The third-order valence-electron chi connectivity index (χ3n) is 3.41. The van der Waals surface area contributed by atoms with Gasteiger partial charge in [0.2, 0.25) is 10.0 Å². The molecule has 1 aliphatic carbocycles. The smallest absolute Gasteiger partial charge is 0.255 e. The molecule has 0 aromatic heterocycles. The van der Waals surface area contributed by atoms with E-state index in [-0.39, 0.29) is 10.9 Å². The van der Waals surface area contributed by atoms with Gasteiger partial charge in [0.15, 0.2) is 0 Å². The number of nitrogens with one attached hydrogen (secondary N) is 2. The van der Waals surface area contributed by atoms with Crippen LogP contribution in [-0.4, -0.2) is 20.4 Å². The van der Waals surface area contributed by atoms with Gasteiger partial charge in [-0.3, -0.25) is 4.79 Å². The van der Waals surface area contributed by atoms with Crippen LogP contribution in [0.1, 0.15) is 23.2 Å². The second kappa shape index (κ2) is 6.10. The molecule has 0 spiro atoms. The first-order chi connectivity index (χ1) is 10.9. The molecule has 2 aromatic rings. The first-order valence-electron chi connectivity index (χ1n) is 7.13. The Kier molecular flexibility index (Phi) is 4.14. The Morgan fingerprint density at radius 3 is 2.39 bits per heavy atom. The van der Waals surface area contributed by atoms with Crippen LogP contribution in [0.2, 0.25) is 0 Å². The Hall–Kier alpha value is -2.25. The summed E-state index contributed by atoms with van der Waals surface area (Å²) in [7, 11) is -3.54. The van der Waals surface area contributed by atoms with Gasteiger partial charge >= 0.3 is 0 Å². The van der Waals surface area contributed by atoms with Crippen molar-refractivity contribution >= 4 is 21.6 Å². The number of anilines is 1. The molecule has 23 heavy (non-hydrogen) atoms. The van der Waals surface area contributed by atoms with Gasteiger partial charge in [0, 0.05) is 17.3 Å². The van der Waals surface area contributed by atoms with Gasteiger partial charge in [0.25, 0.3) is 5.91 Å². The summed E-state index contributed by atoms with van der Waals surface area (Å²) in [5.74, 6) is -0.884. The van der Waals surface area contributed by atoms with Crippen molar-refractivity contribution in [3.63, 3.8) is 0 Å². The van der Waals surface area contributed by atoms with Crippen molar-refractivity contribution in [3.8, 4) is 0 Å². The van der Waals surface area contributed by atoms with Crippen LogP contribution in [0.25, 0.3) is 0 Å². The maximum absolute atomic E-state index is 13.1. The topological polar surface area (TPSA) is 75.3 Å². The molecule has 0 atom stereocenters. The van der Waals surface area contributed by atoms with E-state index in [1.165, 1.54) is 42.5 Å². The molecule has 0 radical (unpaired) electrons. The lowest BCUT2D eigenvalue weighted by Gasteiger charge is -2.08. The second-order valence-electron chi connectivity index (χ2n) is 5.38. The van der Waals surface area contributed by atoms with Crippen LogP contribution in [0.3, 0.4) is 0 Å². The summed E-state index contributed by atoms with van der Waals surface area (Å²) in [4.78, 5) is 12.2. The van der Waals surface area contributed by atoms with Crippen LogP contribution in [-0.2, 0) is 10.0 Å². The van der Waals surface area contributed by atoms with Crippen molar-refractivity contribution in [2.45, 2.75) is 23.8 Å². The molecule has 0 unspecified atom stereocenters. The van der Waals surface area contributed by atoms with Gasteiger partial charge < -0.3 is 5.32 Å². The predicted octanol–water partition coefficient (Wildman–Crippen LogP) is 2.52. The lowest BCUT2D eigenvalue weighted by Crippen LogP contribution is -2.25. The number of sulfonamides is 1. The lowest BCUT2D eigenvalue weighted by atomic mass is 10.2. The summed E-state index contributed by atoms with van der Waals surface area (Å²) < 4.78 is 39.7. The van der Waals surface area contributed by atoms with Crippen LogP contribution in [0.4, 0.5) is 10.1 Å². The minimum Gasteiger partial charge on any atom is -0.322 e. The van der Waals surface area contributed by atoms with Crippen LogP contribution in [0.15, 0.2) is 53.4 Å². The fourth-order valence-corrected chi connectivity index (χ4v) is 3.35. The van der Waals surface area contributed by atoms with Crippen molar-refractivity contribution in [1.29, 1.82) is 0 Å². The van der Waals surface area contributed by atoms with Crippen molar-refractivity contribution < 1.29 is 17.6 Å². The summed E-state index contributed by atoms with van der Waals surface area (Å²) in [5, 5.41) is 2.56. The average Bonchev–Trinajstić information content (AvgIpc) is 3.30. The molecule has 3 rings (SSSR count). The fourth-order valence-electron chi connectivity index (χ4n) is 2.04. The highest BCUT2D eigenvalue weighted by atomic mass is 32.2. The van der Waals surface area contributed by atoms with Crippen LogP contribution < -0.4 is 10.0 Å². The number of hydrogen-bond donors (Lipinski definition) is 2. The van der Waals surface area contributed by atoms with Crippen molar-refractivity contribution in [1.82, 2.24) is 4.72 Å². The van der Waals surface area contributed by atoms with E-state index in [2.05, 4.69) is 10.0 Å². The predicted molar refractivity (Wildman–Crippen MR) is 84.1 cm³/mol. The molecule has 0 aliphatic heterocycles. The maximum atomic E-state index is 13.1. The second-order valence-corrected chi connectivity index (χ2v) is 7.10. The molecule has 1 saturated carbocycles. The van der Waals surface area contributed by atoms with Crippen molar-refractivity contribution in [3.05, 3.63) is 59.9 Å². The molecule has 0 heterocycles. The van der Waals surface area contributed by atoms with E-state index in [0.717, 1.165) is 12.8 Å². The highest BCUT2D eigenvalue weighted by Crippen LogP contribution is 2.22. The minimum atomic E-state index is -3.54. The molecule has 0 saturated heterocycles. The van der Waals surface area contributed by atoms with E-state index in [9.17, 15) is 17.6 Å². The Morgan fingerprint density at radius 2 is 1.78 bits per heavy atom. The van der Waals surface area contributed by atoms with E-state index >= 15 is 0 Å². The third-order valence-corrected chi connectivity index (χ3v) is 4.94. The zero-order chi connectivity index (χ0) is 16.4. The van der Waals surface area contributed by atoms with Crippen molar-refractivity contribution in [2.75, 3.05) is 5.32 Å². The molecule has 5 nitrogen and oxygen atoms in total. The molecule has 1 fully saturated rings. The number of halogens is 1. The summed E-state index contributed by atoms with van der Waals surface area (Å²) in [6, 6.07) is 11.2. The van der Waals surface area contributed by atoms with E-state index in [0.29, 0.717) is 11.3 Å².